The molecule has 1 heterocycles. The number of nitrogens with one attached hydrogen (secondary N) is 2. The molecule has 1 aromatic carbocycles. The lowest BCUT2D eigenvalue weighted by molar-refractivity contribution is -0.120. The van der Waals surface area contributed by atoms with Crippen molar-refractivity contribution in [1.82, 2.24) is 20.4 Å². The largest absolute Gasteiger partial charge is 0.338 e. The summed E-state index contributed by atoms with van der Waals surface area (Å²) in [6.45, 7) is 2.40. The molecule has 22 heavy (non-hydrogen) atoms. The number of benzene rings is 1. The van der Waals surface area contributed by atoms with E-state index < -0.39 is 11.9 Å². The zero-order chi connectivity index (χ0) is 15.9. The van der Waals surface area contributed by atoms with Gasteiger partial charge in [-0.2, -0.15) is 5.10 Å². The molecule has 0 fully saturated rings. The molecule has 7 heteroatoms. The maximum absolute atomic E-state index is 11.9. The molecule has 0 spiro atoms. The number of nitrogens with zero attached hydrogens (tertiary/aromatic N) is 2. The number of hydrogen-bond donors (Lipinski definition) is 2. The first-order valence-electron chi connectivity index (χ1n) is 7.14. The predicted octanol–water partition coefficient (Wildman–Crippen LogP) is 1.02. The maximum Gasteiger partial charge on any atom is 0.321 e. The second-order valence-corrected chi connectivity index (χ2v) is 4.84. The normalized spacial score (nSPS) is 10.4. The van der Waals surface area contributed by atoms with E-state index in [-0.39, 0.29) is 12.0 Å². The van der Waals surface area contributed by atoms with Crippen LogP contribution in [0.5, 0.6) is 0 Å². The number of fused-ring (bicyclic) bond motifs is 1. The van der Waals surface area contributed by atoms with Gasteiger partial charge in [-0.15, -0.1) is 0 Å². The Balaban J connectivity index is 2.05. The van der Waals surface area contributed by atoms with Gasteiger partial charge in [0.1, 0.15) is 6.54 Å². The summed E-state index contributed by atoms with van der Waals surface area (Å²) >= 11 is 0. The van der Waals surface area contributed by atoms with Gasteiger partial charge in [0.15, 0.2) is 0 Å². The fourth-order valence-corrected chi connectivity index (χ4v) is 2.01. The summed E-state index contributed by atoms with van der Waals surface area (Å²) in [5, 5.41) is 9.26. The Morgan fingerprint density at radius 1 is 1.27 bits per heavy atom. The number of para-hydroxylation sites is 1. The predicted molar refractivity (Wildman–Crippen MR) is 82.5 cm³/mol. The summed E-state index contributed by atoms with van der Waals surface area (Å²) in [6.07, 6.45) is 2.98. The molecule has 1 aromatic heterocycles. The van der Waals surface area contributed by atoms with Crippen molar-refractivity contribution in [3.05, 3.63) is 40.7 Å². The molecule has 0 atom stereocenters. The quantitative estimate of drug-likeness (QED) is 0.807. The molecule has 2 aromatic rings. The fraction of sp³-hybridized carbons (Fsp3) is 0.333. The Bertz CT molecular complexity index is 739. The molecule has 0 unspecified atom stereocenters. The zero-order valence-electron chi connectivity index (χ0n) is 12.3. The van der Waals surface area contributed by atoms with Crippen LogP contribution >= 0.6 is 0 Å². The van der Waals surface area contributed by atoms with Crippen LogP contribution in [0.1, 0.15) is 19.8 Å². The topological polar surface area (TPSA) is 93.1 Å². The van der Waals surface area contributed by atoms with Gasteiger partial charge in [-0.25, -0.2) is 4.79 Å². The average Bonchev–Trinajstić information content (AvgIpc) is 2.50. The Morgan fingerprint density at radius 3 is 2.82 bits per heavy atom. The van der Waals surface area contributed by atoms with Crippen LogP contribution in [0.25, 0.3) is 10.9 Å². The molecule has 0 saturated heterocycles. The second-order valence-electron chi connectivity index (χ2n) is 4.84. The highest BCUT2D eigenvalue weighted by Gasteiger charge is 2.10. The number of aromatic nitrogens is 2. The highest BCUT2D eigenvalue weighted by molar-refractivity contribution is 5.94. The highest BCUT2D eigenvalue weighted by Crippen LogP contribution is 2.07. The third kappa shape index (κ3) is 3.91. The molecule has 0 aliphatic rings. The third-order valence-electron chi connectivity index (χ3n) is 3.12. The van der Waals surface area contributed by atoms with Crippen LogP contribution in [-0.2, 0) is 11.3 Å². The maximum atomic E-state index is 11.9. The number of hydrogen-bond acceptors (Lipinski definition) is 4. The first-order chi connectivity index (χ1) is 10.6. The number of rotatable bonds is 5. The molecule has 0 aliphatic carbocycles. The molecular weight excluding hydrogens is 284 g/mol. The van der Waals surface area contributed by atoms with E-state index >= 15 is 0 Å². The lowest BCUT2D eigenvalue weighted by Crippen LogP contribution is -2.41. The van der Waals surface area contributed by atoms with Crippen LogP contribution in [0.15, 0.2) is 35.3 Å². The van der Waals surface area contributed by atoms with E-state index in [1.807, 2.05) is 6.92 Å². The summed E-state index contributed by atoms with van der Waals surface area (Å²) < 4.78 is 1.39. The molecule has 0 saturated carbocycles. The number of carbonyl (C=O) groups excluding carboxylic acids is 2. The third-order valence-corrected chi connectivity index (χ3v) is 3.12. The lowest BCUT2D eigenvalue weighted by atomic mass is 10.2. The van der Waals surface area contributed by atoms with Gasteiger partial charge in [-0.05, 0) is 18.6 Å². The van der Waals surface area contributed by atoms with Crippen LogP contribution in [0, 0.1) is 0 Å². The van der Waals surface area contributed by atoms with E-state index in [1.165, 1.54) is 4.68 Å². The van der Waals surface area contributed by atoms with Crippen LogP contribution < -0.4 is 16.1 Å². The second kappa shape index (κ2) is 7.35. The van der Waals surface area contributed by atoms with E-state index in [4.69, 9.17) is 0 Å². The molecule has 0 radical (unpaired) electrons. The molecule has 116 valence electrons. The van der Waals surface area contributed by atoms with Crippen molar-refractivity contribution in [2.45, 2.75) is 26.3 Å². The smallest absolute Gasteiger partial charge is 0.321 e. The molecular formula is C15H18N4O3. The molecule has 2 N–H and O–H groups in total. The molecule has 3 amide bonds. The van der Waals surface area contributed by atoms with Crippen molar-refractivity contribution in [2.75, 3.05) is 6.54 Å². The summed E-state index contributed by atoms with van der Waals surface area (Å²) in [6, 6.07) is 6.36. The van der Waals surface area contributed by atoms with E-state index in [2.05, 4.69) is 15.7 Å². The van der Waals surface area contributed by atoms with Gasteiger partial charge in [-0.1, -0.05) is 25.5 Å². The van der Waals surface area contributed by atoms with Gasteiger partial charge in [0.05, 0.1) is 11.7 Å². The van der Waals surface area contributed by atoms with Crippen molar-refractivity contribution in [3.8, 4) is 0 Å². The highest BCUT2D eigenvalue weighted by atomic mass is 16.2. The van der Waals surface area contributed by atoms with Crippen LogP contribution in [-0.4, -0.2) is 28.3 Å². The van der Waals surface area contributed by atoms with Gasteiger partial charge in [-0.3, -0.25) is 19.6 Å². The minimum atomic E-state index is -0.524. The van der Waals surface area contributed by atoms with Gasteiger partial charge < -0.3 is 5.32 Å². The van der Waals surface area contributed by atoms with Gasteiger partial charge in [0.25, 0.3) is 0 Å². The van der Waals surface area contributed by atoms with E-state index in [1.54, 1.807) is 24.3 Å². The van der Waals surface area contributed by atoms with Crippen molar-refractivity contribution in [1.29, 1.82) is 0 Å². The number of amides is 3. The first-order valence-corrected chi connectivity index (χ1v) is 7.14. The van der Waals surface area contributed by atoms with Crippen LogP contribution in [0.4, 0.5) is 4.79 Å². The first kappa shape index (κ1) is 15.7. The molecule has 0 aliphatic heterocycles. The fourth-order valence-electron chi connectivity index (χ4n) is 2.01. The standard InChI is InChI=1S/C15H18N4O3/c1-2-3-8-16-15(22)18-14(21)10-19-12-7-5-4-6-11(12)13(20)9-17-19/h4-7,9H,2-3,8,10H2,1H3,(H2,16,18,21,22). The zero-order valence-corrected chi connectivity index (χ0v) is 12.3. The van der Waals surface area contributed by atoms with E-state index in [0.717, 1.165) is 19.0 Å². The summed E-state index contributed by atoms with van der Waals surface area (Å²) in [7, 11) is 0. The number of imide groups is 1. The minimum absolute atomic E-state index is 0.137. The summed E-state index contributed by atoms with van der Waals surface area (Å²) in [5.74, 6) is -0.490. The van der Waals surface area contributed by atoms with Crippen LogP contribution in [0.2, 0.25) is 0 Å². The Kier molecular flexibility index (Phi) is 5.24. The monoisotopic (exact) mass is 302 g/mol. The average molecular weight is 302 g/mol. The molecule has 7 nitrogen and oxygen atoms in total. The molecule has 2 rings (SSSR count). The lowest BCUT2D eigenvalue weighted by Gasteiger charge is -2.09. The Morgan fingerprint density at radius 2 is 2.05 bits per heavy atom. The van der Waals surface area contributed by atoms with E-state index in [0.29, 0.717) is 17.4 Å². The Labute approximate surface area is 127 Å². The summed E-state index contributed by atoms with van der Waals surface area (Å²) in [4.78, 5) is 35.1. The minimum Gasteiger partial charge on any atom is -0.338 e. The van der Waals surface area contributed by atoms with Crippen molar-refractivity contribution in [3.63, 3.8) is 0 Å². The van der Waals surface area contributed by atoms with E-state index in [9.17, 15) is 14.4 Å². The Hall–Kier alpha value is -2.70. The van der Waals surface area contributed by atoms with Crippen molar-refractivity contribution < 1.29 is 9.59 Å². The summed E-state index contributed by atoms with van der Waals surface area (Å²) in [5.41, 5.74) is 0.348. The van der Waals surface area contributed by atoms with Gasteiger partial charge in [0, 0.05) is 11.9 Å². The van der Waals surface area contributed by atoms with Gasteiger partial charge >= 0.3 is 6.03 Å². The van der Waals surface area contributed by atoms with Crippen molar-refractivity contribution in [2.24, 2.45) is 0 Å². The number of unbranched alkanes of at least 4 members (excludes halogenated alkanes) is 1. The molecule has 0 bridgehead atoms. The SMILES string of the molecule is CCCCNC(=O)NC(=O)Cn1ncc(=O)c2ccccc21. The number of carbonyl (C=O) groups is 2. The van der Waals surface area contributed by atoms with Crippen LogP contribution in [0.3, 0.4) is 0 Å². The van der Waals surface area contributed by atoms with Crippen molar-refractivity contribution >= 4 is 22.8 Å². The van der Waals surface area contributed by atoms with Gasteiger partial charge in [0.2, 0.25) is 11.3 Å². The number of urea groups is 1.